The first-order valence-electron chi connectivity index (χ1n) is 9.00. The number of hydrogen-bond acceptors (Lipinski definition) is 4. The Balaban J connectivity index is 1.38. The van der Waals surface area contributed by atoms with Crippen LogP contribution in [0.4, 0.5) is 0 Å². The minimum Gasteiger partial charge on any atom is -0.376 e. The van der Waals surface area contributed by atoms with Crippen LogP contribution < -0.4 is 5.73 Å². The van der Waals surface area contributed by atoms with E-state index in [9.17, 15) is 4.79 Å². The van der Waals surface area contributed by atoms with Crippen molar-refractivity contribution >= 4 is 5.91 Å². The van der Waals surface area contributed by atoms with Crippen LogP contribution in [0, 0.1) is 5.92 Å². The zero-order chi connectivity index (χ0) is 15.4. The predicted octanol–water partition coefficient (Wildman–Crippen LogP) is 1.69. The highest BCUT2D eigenvalue weighted by molar-refractivity contribution is 5.79. The van der Waals surface area contributed by atoms with Gasteiger partial charge >= 0.3 is 0 Å². The van der Waals surface area contributed by atoms with Gasteiger partial charge in [-0.25, -0.2) is 0 Å². The molecule has 0 aromatic carbocycles. The second-order valence-corrected chi connectivity index (χ2v) is 7.12. The van der Waals surface area contributed by atoms with Gasteiger partial charge in [-0.05, 0) is 44.9 Å². The molecule has 2 heterocycles. The first-order chi connectivity index (χ1) is 10.7. The third-order valence-electron chi connectivity index (χ3n) is 5.36. The molecule has 0 spiro atoms. The quantitative estimate of drug-likeness (QED) is 0.858. The van der Waals surface area contributed by atoms with E-state index in [0.29, 0.717) is 18.1 Å². The molecule has 0 bridgehead atoms. The first-order valence-corrected chi connectivity index (χ1v) is 9.00. The number of nitrogens with zero attached hydrogens (tertiary/aromatic N) is 1. The predicted molar refractivity (Wildman–Crippen MR) is 84.5 cm³/mol. The lowest BCUT2D eigenvalue weighted by Crippen LogP contribution is -2.45. The Kier molecular flexibility index (Phi) is 5.71. The number of piperidine rings is 1. The van der Waals surface area contributed by atoms with Gasteiger partial charge in [-0.3, -0.25) is 4.79 Å². The monoisotopic (exact) mass is 310 g/mol. The Morgan fingerprint density at radius 3 is 2.64 bits per heavy atom. The summed E-state index contributed by atoms with van der Waals surface area (Å²) < 4.78 is 11.6. The van der Waals surface area contributed by atoms with Crippen LogP contribution in [0.2, 0.25) is 0 Å². The second kappa shape index (κ2) is 7.75. The molecule has 1 saturated carbocycles. The molecule has 3 fully saturated rings. The average molecular weight is 310 g/mol. The van der Waals surface area contributed by atoms with E-state index in [1.165, 1.54) is 0 Å². The number of carbonyl (C=O) groups is 1. The maximum Gasteiger partial charge on any atom is 0.225 e. The molecule has 0 aromatic heterocycles. The van der Waals surface area contributed by atoms with Gasteiger partial charge in [-0.1, -0.05) is 6.42 Å². The zero-order valence-corrected chi connectivity index (χ0v) is 13.5. The molecule has 0 radical (unpaired) electrons. The van der Waals surface area contributed by atoms with Gasteiger partial charge in [0.25, 0.3) is 0 Å². The smallest absolute Gasteiger partial charge is 0.225 e. The van der Waals surface area contributed by atoms with E-state index in [1.54, 1.807) is 0 Å². The van der Waals surface area contributed by atoms with E-state index in [4.69, 9.17) is 15.2 Å². The summed E-state index contributed by atoms with van der Waals surface area (Å²) >= 11 is 0. The maximum absolute atomic E-state index is 12.6. The molecule has 22 heavy (non-hydrogen) atoms. The summed E-state index contributed by atoms with van der Waals surface area (Å²) in [6.45, 7) is 3.27. The van der Waals surface area contributed by atoms with E-state index < -0.39 is 0 Å². The molecular weight excluding hydrogens is 280 g/mol. The minimum absolute atomic E-state index is 0.160. The van der Waals surface area contributed by atoms with Gasteiger partial charge in [-0.2, -0.15) is 0 Å². The van der Waals surface area contributed by atoms with Gasteiger partial charge in [0.1, 0.15) is 0 Å². The van der Waals surface area contributed by atoms with Crippen molar-refractivity contribution in [3.8, 4) is 0 Å². The fourth-order valence-corrected chi connectivity index (χ4v) is 3.97. The summed E-state index contributed by atoms with van der Waals surface area (Å²) in [5.74, 6) is 0.487. The maximum atomic E-state index is 12.6. The largest absolute Gasteiger partial charge is 0.376 e. The van der Waals surface area contributed by atoms with Crippen LogP contribution in [0.3, 0.4) is 0 Å². The van der Waals surface area contributed by atoms with E-state index in [-0.39, 0.29) is 12.0 Å². The third kappa shape index (κ3) is 4.21. The first kappa shape index (κ1) is 16.2. The molecule has 2 aliphatic heterocycles. The molecule has 5 nitrogen and oxygen atoms in total. The van der Waals surface area contributed by atoms with Crippen LogP contribution in [0.5, 0.6) is 0 Å². The molecule has 126 valence electrons. The van der Waals surface area contributed by atoms with Crippen molar-refractivity contribution in [1.29, 1.82) is 0 Å². The van der Waals surface area contributed by atoms with Crippen molar-refractivity contribution in [3.63, 3.8) is 0 Å². The highest BCUT2D eigenvalue weighted by atomic mass is 16.5. The standard InChI is InChI=1S/C17H30N2O3/c18-14-4-1-3-13(11-14)17(20)19-8-6-15(7-9-19)22-12-16-5-2-10-21-16/h13-16H,1-12,18H2/t13-,14+,16+/m0/s1. The van der Waals surface area contributed by atoms with Crippen LogP contribution in [0.25, 0.3) is 0 Å². The van der Waals surface area contributed by atoms with E-state index in [0.717, 1.165) is 77.7 Å². The van der Waals surface area contributed by atoms with Gasteiger partial charge < -0.3 is 20.1 Å². The molecule has 3 aliphatic rings. The summed E-state index contributed by atoms with van der Waals surface area (Å²) in [5.41, 5.74) is 6.01. The fourth-order valence-electron chi connectivity index (χ4n) is 3.97. The van der Waals surface area contributed by atoms with Crippen molar-refractivity contribution < 1.29 is 14.3 Å². The Morgan fingerprint density at radius 1 is 1.14 bits per heavy atom. The van der Waals surface area contributed by atoms with Crippen molar-refractivity contribution in [2.75, 3.05) is 26.3 Å². The lowest BCUT2D eigenvalue weighted by molar-refractivity contribution is -0.139. The normalized spacial score (nSPS) is 34.0. The molecule has 1 aliphatic carbocycles. The minimum atomic E-state index is 0.160. The summed E-state index contributed by atoms with van der Waals surface area (Å²) in [6.07, 6.45) is 8.83. The van der Waals surface area contributed by atoms with E-state index >= 15 is 0 Å². The van der Waals surface area contributed by atoms with Crippen molar-refractivity contribution in [2.24, 2.45) is 11.7 Å². The Labute approximate surface area is 133 Å². The Morgan fingerprint density at radius 2 is 1.95 bits per heavy atom. The molecule has 2 saturated heterocycles. The Hall–Kier alpha value is -0.650. The number of nitrogens with two attached hydrogens (primary N) is 1. The van der Waals surface area contributed by atoms with E-state index in [1.807, 2.05) is 4.90 Å². The van der Waals surface area contributed by atoms with Crippen LogP contribution >= 0.6 is 0 Å². The second-order valence-electron chi connectivity index (χ2n) is 7.12. The van der Waals surface area contributed by atoms with Gasteiger partial charge in [0, 0.05) is 31.7 Å². The summed E-state index contributed by atoms with van der Waals surface area (Å²) in [7, 11) is 0. The molecule has 3 atom stereocenters. The van der Waals surface area contributed by atoms with Crippen LogP contribution in [0.15, 0.2) is 0 Å². The van der Waals surface area contributed by atoms with Crippen LogP contribution in [0.1, 0.15) is 51.4 Å². The van der Waals surface area contributed by atoms with E-state index in [2.05, 4.69) is 0 Å². The van der Waals surface area contributed by atoms with Gasteiger partial charge in [0.05, 0.1) is 18.8 Å². The van der Waals surface area contributed by atoms with Gasteiger partial charge in [0.15, 0.2) is 0 Å². The van der Waals surface area contributed by atoms with Gasteiger partial charge in [0.2, 0.25) is 5.91 Å². The fraction of sp³-hybridized carbons (Fsp3) is 0.941. The SMILES string of the molecule is N[C@@H]1CCC[C@H](C(=O)N2CCC(OC[C@H]3CCCO3)CC2)C1. The molecule has 1 amide bonds. The number of carbonyl (C=O) groups excluding carboxylic acids is 1. The van der Waals surface area contributed by atoms with Gasteiger partial charge in [-0.15, -0.1) is 0 Å². The highest BCUT2D eigenvalue weighted by Gasteiger charge is 2.31. The molecule has 2 N–H and O–H groups in total. The number of amides is 1. The zero-order valence-electron chi connectivity index (χ0n) is 13.5. The number of ether oxygens (including phenoxy) is 2. The van der Waals surface area contributed by atoms with Crippen LogP contribution in [-0.2, 0) is 14.3 Å². The molecule has 0 aromatic rings. The highest BCUT2D eigenvalue weighted by Crippen LogP contribution is 2.26. The summed E-state index contributed by atoms with van der Waals surface area (Å²) in [5, 5.41) is 0. The molecular formula is C17H30N2O3. The topological polar surface area (TPSA) is 64.8 Å². The third-order valence-corrected chi connectivity index (χ3v) is 5.36. The lowest BCUT2D eigenvalue weighted by atomic mass is 9.85. The van der Waals surface area contributed by atoms with Crippen molar-refractivity contribution in [3.05, 3.63) is 0 Å². The number of hydrogen-bond donors (Lipinski definition) is 1. The van der Waals surface area contributed by atoms with Crippen molar-refractivity contribution in [2.45, 2.75) is 69.6 Å². The van der Waals surface area contributed by atoms with Crippen molar-refractivity contribution in [1.82, 2.24) is 4.90 Å². The molecule has 3 rings (SSSR count). The Bertz CT molecular complexity index is 363. The lowest BCUT2D eigenvalue weighted by Gasteiger charge is -2.36. The molecule has 5 heteroatoms. The molecule has 0 unspecified atom stereocenters. The number of rotatable bonds is 4. The summed E-state index contributed by atoms with van der Waals surface area (Å²) in [4.78, 5) is 14.6. The van der Waals surface area contributed by atoms with Crippen LogP contribution in [-0.4, -0.2) is 55.4 Å². The summed E-state index contributed by atoms with van der Waals surface area (Å²) in [6, 6.07) is 0.218. The number of likely N-dealkylation sites (tertiary alicyclic amines) is 1. The average Bonchev–Trinajstić information content (AvgIpc) is 3.06.